The highest BCUT2D eigenvalue weighted by Gasteiger charge is 2.59. The number of halogens is 1. The van der Waals surface area contributed by atoms with Gasteiger partial charge in [-0.05, 0) is 30.2 Å². The van der Waals surface area contributed by atoms with Gasteiger partial charge in [0.25, 0.3) is 0 Å². The van der Waals surface area contributed by atoms with Gasteiger partial charge in [-0.2, -0.15) is 4.98 Å². The number of alkyl halides is 1. The molecule has 0 aliphatic carbocycles. The second-order valence-electron chi connectivity index (χ2n) is 10.8. The van der Waals surface area contributed by atoms with Crippen molar-refractivity contribution in [2.45, 2.75) is 37.6 Å². The summed E-state index contributed by atoms with van der Waals surface area (Å²) in [6.45, 7) is 0.137. The molecule has 4 atom stereocenters. The third-order valence-corrected chi connectivity index (χ3v) is 7.91. The maximum absolute atomic E-state index is 16.3. The van der Waals surface area contributed by atoms with E-state index in [9.17, 15) is 25.0 Å². The van der Waals surface area contributed by atoms with E-state index in [2.05, 4.69) is 15.0 Å². The highest BCUT2D eigenvalue weighted by atomic mass is 19.1. The summed E-state index contributed by atoms with van der Waals surface area (Å²) in [5.74, 6) is -2.26. The smallest absolute Gasteiger partial charge is 0.351 e. The number of ether oxygens (including phenoxy) is 9. The van der Waals surface area contributed by atoms with Gasteiger partial charge >= 0.3 is 17.6 Å². The number of aromatic nitrogens is 2. The normalized spacial score (nSPS) is 21.3. The fourth-order valence-electron chi connectivity index (χ4n) is 5.73. The van der Waals surface area contributed by atoms with Crippen molar-refractivity contribution in [2.24, 2.45) is 5.11 Å². The molecule has 264 valence electrons. The molecule has 0 amide bonds. The summed E-state index contributed by atoms with van der Waals surface area (Å²) in [6, 6.07) is 3.70. The van der Waals surface area contributed by atoms with Crippen molar-refractivity contribution in [3.8, 4) is 45.6 Å². The highest BCUT2D eigenvalue weighted by molar-refractivity contribution is 6.08. The van der Waals surface area contributed by atoms with E-state index in [0.29, 0.717) is 11.0 Å². The monoisotopic (exact) mass is 700 g/mol. The number of carbonyl (C=O) groups is 2. The van der Waals surface area contributed by atoms with E-state index in [0.717, 1.165) is 6.20 Å². The number of esters is 2. The molecule has 2 aromatic carbocycles. The predicted molar refractivity (Wildman–Crippen MR) is 164 cm³/mol. The summed E-state index contributed by atoms with van der Waals surface area (Å²) in [7, 11) is 2.54. The van der Waals surface area contributed by atoms with Gasteiger partial charge in [-0.15, -0.1) is 0 Å². The largest absolute Gasteiger partial charge is 0.492 e. The number of methoxy groups -OCH3 is 2. The van der Waals surface area contributed by atoms with E-state index in [1.807, 2.05) is 0 Å². The molecule has 50 heavy (non-hydrogen) atoms. The predicted octanol–water partition coefficient (Wildman–Crippen LogP) is 2.63. The number of aliphatic hydroxyl groups is 1. The zero-order chi connectivity index (χ0) is 35.7. The molecule has 3 N–H and O–H groups in total. The average Bonchev–Trinajstić information content (AvgIpc) is 3.84. The van der Waals surface area contributed by atoms with Crippen LogP contribution in [0.4, 0.5) is 10.2 Å². The molecule has 0 unspecified atom stereocenters. The van der Waals surface area contributed by atoms with Gasteiger partial charge in [0.15, 0.2) is 41.5 Å². The molecule has 3 aromatic rings. The Bertz CT molecular complexity index is 1970. The molecule has 20 heteroatoms. The fraction of sp³-hybridized carbons (Fsp3) is 0.400. The molecular formula is C30H29FN6O13. The van der Waals surface area contributed by atoms with Crippen molar-refractivity contribution in [1.82, 2.24) is 9.55 Å². The second-order valence-corrected chi connectivity index (χ2v) is 10.8. The molecule has 19 nitrogen and oxygen atoms in total. The van der Waals surface area contributed by atoms with E-state index in [4.69, 9.17) is 48.4 Å². The molecule has 3 aliphatic heterocycles. The summed E-state index contributed by atoms with van der Waals surface area (Å²) < 4.78 is 67.5. The molecule has 0 spiro atoms. The van der Waals surface area contributed by atoms with Crippen molar-refractivity contribution in [3.63, 3.8) is 0 Å². The van der Waals surface area contributed by atoms with Crippen LogP contribution in [0.3, 0.4) is 0 Å². The van der Waals surface area contributed by atoms with Gasteiger partial charge in [0.1, 0.15) is 5.82 Å². The number of aliphatic hydroxyl groups excluding tert-OH is 1. The van der Waals surface area contributed by atoms with Crippen molar-refractivity contribution >= 4 is 17.8 Å². The van der Waals surface area contributed by atoms with Crippen molar-refractivity contribution in [2.75, 3.05) is 46.8 Å². The van der Waals surface area contributed by atoms with Gasteiger partial charge in [-0.1, -0.05) is 12.0 Å². The van der Waals surface area contributed by atoms with Gasteiger partial charge in [-0.3, -0.25) is 4.57 Å². The first-order chi connectivity index (χ1) is 24.1. The maximum atomic E-state index is 16.3. The van der Waals surface area contributed by atoms with Crippen LogP contribution in [-0.4, -0.2) is 85.6 Å². The minimum atomic E-state index is -2.57. The lowest BCUT2D eigenvalue weighted by atomic mass is 9.91. The number of fused-ring (bicyclic) bond motifs is 2. The molecule has 0 radical (unpaired) electrons. The van der Waals surface area contributed by atoms with Crippen molar-refractivity contribution < 1.29 is 61.7 Å². The number of azide groups is 1. The van der Waals surface area contributed by atoms with Crippen LogP contribution in [0, 0.1) is 0 Å². The topological polar surface area (TPSA) is 247 Å². The van der Waals surface area contributed by atoms with Crippen molar-refractivity contribution in [3.05, 3.63) is 56.4 Å². The van der Waals surface area contributed by atoms with E-state index in [1.54, 1.807) is 6.92 Å². The first-order valence-corrected chi connectivity index (χ1v) is 14.9. The molecule has 3 aliphatic rings. The van der Waals surface area contributed by atoms with E-state index >= 15 is 4.39 Å². The third-order valence-electron chi connectivity index (χ3n) is 7.91. The highest BCUT2D eigenvalue weighted by Crippen LogP contribution is 2.56. The van der Waals surface area contributed by atoms with Gasteiger partial charge in [0, 0.05) is 22.2 Å². The van der Waals surface area contributed by atoms with Crippen molar-refractivity contribution in [1.29, 1.82) is 0 Å². The number of rotatable bonds is 11. The van der Waals surface area contributed by atoms with E-state index in [1.165, 1.54) is 32.4 Å². The molecule has 1 fully saturated rings. The number of hydrogen-bond donors (Lipinski definition) is 2. The van der Waals surface area contributed by atoms with Crippen LogP contribution >= 0.6 is 0 Å². The number of carbonyl (C=O) groups excluding carboxylic acids is 2. The summed E-state index contributed by atoms with van der Waals surface area (Å²) in [5.41, 5.74) is 10.5. The van der Waals surface area contributed by atoms with Crippen LogP contribution in [0.2, 0.25) is 0 Å². The zero-order valence-corrected chi connectivity index (χ0v) is 26.6. The van der Waals surface area contributed by atoms with E-state index in [-0.39, 0.29) is 77.2 Å². The standard InChI is InChI=1S/C30H29FN6O13/c1-4-7-44-27(39)13-8-15-21(47-11-45-15)23(42-2)18(13)19-14(9-16-22(24(19)43-3)48-12-46-16)28(40)49-25-20(31)26(50-30(25,10-38)35-36-33)37-6-5-17(32)34-29(37)41/h5-6,8-9,20,25-26,38H,4,7,10-12H2,1-3H3,(H2,32,34,41)/t20-,25-,26+,30+/m0/s1. The Morgan fingerprint density at radius 3 is 2.22 bits per heavy atom. The molecule has 1 saturated heterocycles. The van der Waals surface area contributed by atoms with E-state index < -0.39 is 54.0 Å². The Kier molecular flexibility index (Phi) is 9.15. The third kappa shape index (κ3) is 5.54. The summed E-state index contributed by atoms with van der Waals surface area (Å²) >= 11 is 0. The van der Waals surface area contributed by atoms with Crippen LogP contribution in [0.5, 0.6) is 34.5 Å². The first kappa shape index (κ1) is 33.9. The Hall–Kier alpha value is -5.98. The van der Waals surface area contributed by atoms with Gasteiger partial charge in [-0.25, -0.2) is 18.8 Å². The Morgan fingerprint density at radius 1 is 1.10 bits per heavy atom. The minimum absolute atomic E-state index is 0.00712. The fourth-order valence-corrected chi connectivity index (χ4v) is 5.73. The van der Waals surface area contributed by atoms with Crippen LogP contribution in [0.25, 0.3) is 21.6 Å². The SMILES string of the molecule is CCCOC(=O)c1cc2c(c(OC)c1-c1c(C(=O)O[C@H]3[C@H](F)[C@H](n4ccc(N)nc4=O)O[C@@]3(CO)N=[N+]=[N-])cc3c(c1OC)OCO3)OCO2. The quantitative estimate of drug-likeness (QED) is 0.126. The molecule has 4 heterocycles. The molecule has 6 rings (SSSR count). The van der Waals surface area contributed by atoms with Gasteiger partial charge < -0.3 is 53.5 Å². The lowest BCUT2D eigenvalue weighted by molar-refractivity contribution is -0.126. The lowest BCUT2D eigenvalue weighted by Gasteiger charge is -2.27. The number of benzene rings is 2. The average molecular weight is 701 g/mol. The lowest BCUT2D eigenvalue weighted by Crippen LogP contribution is -2.46. The Labute approximate surface area is 280 Å². The van der Waals surface area contributed by atoms with Crippen LogP contribution in [0.1, 0.15) is 40.3 Å². The van der Waals surface area contributed by atoms with Crippen LogP contribution < -0.4 is 39.8 Å². The minimum Gasteiger partial charge on any atom is -0.492 e. The van der Waals surface area contributed by atoms with Crippen LogP contribution in [0.15, 0.2) is 34.3 Å². The number of nitrogens with zero attached hydrogens (tertiary/aromatic N) is 5. The zero-order valence-electron chi connectivity index (χ0n) is 26.6. The van der Waals surface area contributed by atoms with Crippen LogP contribution in [-0.2, 0) is 14.2 Å². The molecule has 0 bridgehead atoms. The summed E-state index contributed by atoms with van der Waals surface area (Å²) in [6.07, 6.45) is -4.94. The Morgan fingerprint density at radius 2 is 1.70 bits per heavy atom. The summed E-state index contributed by atoms with van der Waals surface area (Å²) in [4.78, 5) is 46.7. The second kappa shape index (κ2) is 13.5. The number of anilines is 1. The summed E-state index contributed by atoms with van der Waals surface area (Å²) in [5, 5.41) is 13.8. The number of hydrogen-bond acceptors (Lipinski definition) is 16. The molecular weight excluding hydrogens is 671 g/mol. The molecule has 1 aromatic heterocycles. The number of nitrogen functional groups attached to an aromatic ring is 1. The number of nitrogens with two attached hydrogens (primary N) is 1. The maximum Gasteiger partial charge on any atom is 0.351 e. The first-order valence-electron chi connectivity index (χ1n) is 14.9. The molecule has 0 saturated carbocycles. The van der Waals surface area contributed by atoms with Gasteiger partial charge in [0.2, 0.25) is 30.8 Å². The Balaban J connectivity index is 1.54. The van der Waals surface area contributed by atoms with Gasteiger partial charge in [0.05, 0.1) is 38.6 Å².